The highest BCUT2D eigenvalue weighted by molar-refractivity contribution is 5.59. The predicted octanol–water partition coefficient (Wildman–Crippen LogP) is 0.868. The third kappa shape index (κ3) is 0.952. The van der Waals surface area contributed by atoms with Gasteiger partial charge in [0.05, 0.1) is 5.69 Å². The zero-order valence-corrected chi connectivity index (χ0v) is 5.75. The maximum absolute atomic E-state index is 12.9. The number of hydrogen-bond acceptors (Lipinski definition) is 3. The highest BCUT2D eigenvalue weighted by Crippen LogP contribution is 2.25. The fraction of sp³-hybridized carbons (Fsp3) is 0.286. The maximum Gasteiger partial charge on any atom is 0.185 e. The van der Waals surface area contributed by atoms with Gasteiger partial charge in [-0.3, -0.25) is 0 Å². The van der Waals surface area contributed by atoms with Crippen LogP contribution in [0.5, 0.6) is 0 Å². The van der Waals surface area contributed by atoms with Crippen molar-refractivity contribution in [2.24, 2.45) is 5.73 Å². The van der Waals surface area contributed by atoms with Gasteiger partial charge in [-0.2, -0.15) is 0 Å². The lowest BCUT2D eigenvalue weighted by molar-refractivity contribution is 0.516. The molecule has 4 heteroatoms. The zero-order valence-electron chi connectivity index (χ0n) is 5.75. The topological polar surface area (TPSA) is 52.0 Å². The van der Waals surface area contributed by atoms with Gasteiger partial charge in [0.2, 0.25) is 0 Å². The van der Waals surface area contributed by atoms with Crippen LogP contribution in [-0.4, -0.2) is 11.0 Å². The van der Waals surface area contributed by atoms with Crippen LogP contribution in [0.2, 0.25) is 0 Å². The average Bonchev–Trinajstić information content (AvgIpc) is 2.34. The number of fused-ring (bicyclic) bond motifs is 1. The van der Waals surface area contributed by atoms with Crippen LogP contribution in [0.15, 0.2) is 16.9 Å². The summed E-state index contributed by atoms with van der Waals surface area (Å²) in [6, 6.07) is -0.271. The minimum atomic E-state index is -0.406. The Hall–Kier alpha value is -1.16. The van der Waals surface area contributed by atoms with E-state index in [2.05, 4.69) is 4.98 Å². The Kier molecular flexibility index (Phi) is 1.29. The van der Waals surface area contributed by atoms with Crippen molar-refractivity contribution in [3.63, 3.8) is 0 Å². The van der Waals surface area contributed by atoms with Gasteiger partial charge in [-0.05, 0) is 6.08 Å². The molecule has 1 aliphatic rings. The Morgan fingerprint density at radius 2 is 2.55 bits per heavy atom. The molecule has 1 aromatic rings. The lowest BCUT2D eigenvalue weighted by Crippen LogP contribution is -2.23. The second-order valence-electron chi connectivity index (χ2n) is 2.51. The van der Waals surface area contributed by atoms with Crippen LogP contribution < -0.4 is 5.73 Å². The molecular weight excluding hydrogens is 147 g/mol. The van der Waals surface area contributed by atoms with Crippen LogP contribution in [0.1, 0.15) is 11.5 Å². The number of oxazole rings is 1. The molecule has 1 aliphatic carbocycles. The quantitative estimate of drug-likeness (QED) is 0.603. The molecule has 2 rings (SSSR count). The summed E-state index contributed by atoms with van der Waals surface area (Å²) < 4.78 is 17.7. The summed E-state index contributed by atoms with van der Waals surface area (Å²) in [5, 5.41) is 0. The summed E-state index contributed by atoms with van der Waals surface area (Å²) in [5.74, 6) is -0.178. The molecule has 0 bridgehead atoms. The fourth-order valence-corrected chi connectivity index (χ4v) is 1.15. The third-order valence-corrected chi connectivity index (χ3v) is 1.65. The lowest BCUT2D eigenvalue weighted by atomic mass is 10.0. The van der Waals surface area contributed by atoms with Crippen molar-refractivity contribution in [1.82, 2.24) is 4.98 Å². The molecule has 1 aromatic heterocycles. The van der Waals surface area contributed by atoms with E-state index in [1.807, 2.05) is 0 Å². The number of nitrogens with zero attached hydrogens (tertiary/aromatic N) is 1. The van der Waals surface area contributed by atoms with E-state index in [-0.39, 0.29) is 11.8 Å². The zero-order chi connectivity index (χ0) is 7.84. The van der Waals surface area contributed by atoms with Gasteiger partial charge in [0.1, 0.15) is 0 Å². The first-order valence-corrected chi connectivity index (χ1v) is 3.33. The Morgan fingerprint density at radius 1 is 1.73 bits per heavy atom. The Bertz CT molecular complexity index is 305. The first kappa shape index (κ1) is 6.54. The van der Waals surface area contributed by atoms with E-state index in [0.717, 1.165) is 0 Å². The molecular formula is C7H7FN2O. The van der Waals surface area contributed by atoms with E-state index in [1.54, 1.807) is 0 Å². The molecule has 58 valence electrons. The smallest absolute Gasteiger partial charge is 0.185 e. The number of hydrogen-bond donors (Lipinski definition) is 1. The molecule has 1 unspecified atom stereocenters. The minimum absolute atomic E-state index is 0.228. The maximum atomic E-state index is 12.9. The van der Waals surface area contributed by atoms with Crippen molar-refractivity contribution < 1.29 is 8.81 Å². The first-order valence-electron chi connectivity index (χ1n) is 3.33. The second kappa shape index (κ2) is 2.17. The Morgan fingerprint density at radius 3 is 3.36 bits per heavy atom. The Labute approximate surface area is 62.7 Å². The van der Waals surface area contributed by atoms with Crippen LogP contribution in [0, 0.1) is 0 Å². The third-order valence-electron chi connectivity index (χ3n) is 1.65. The van der Waals surface area contributed by atoms with Crippen LogP contribution in [0.3, 0.4) is 0 Å². The van der Waals surface area contributed by atoms with Crippen LogP contribution in [0.25, 0.3) is 5.83 Å². The molecule has 0 saturated heterocycles. The van der Waals surface area contributed by atoms with Crippen molar-refractivity contribution in [2.75, 3.05) is 0 Å². The van der Waals surface area contributed by atoms with Crippen LogP contribution in [0.4, 0.5) is 4.39 Å². The number of halogens is 1. The number of aromatic nitrogens is 1. The summed E-state index contributed by atoms with van der Waals surface area (Å²) in [6.07, 6.45) is 3.13. The molecule has 2 N–H and O–H groups in total. The summed E-state index contributed by atoms with van der Waals surface area (Å²) >= 11 is 0. The SMILES string of the molecule is NC1C=C(F)c2ocnc2C1. The molecule has 1 atom stereocenters. The molecule has 0 saturated carbocycles. The van der Waals surface area contributed by atoms with Crippen molar-refractivity contribution in [3.8, 4) is 0 Å². The monoisotopic (exact) mass is 154 g/mol. The second-order valence-corrected chi connectivity index (χ2v) is 2.51. The molecule has 0 amide bonds. The Balaban J connectivity index is 2.50. The molecule has 1 heterocycles. The van der Waals surface area contributed by atoms with Gasteiger partial charge in [0.15, 0.2) is 18.0 Å². The van der Waals surface area contributed by atoms with Gasteiger partial charge < -0.3 is 10.2 Å². The summed E-state index contributed by atoms with van der Waals surface area (Å²) in [6.45, 7) is 0. The molecule has 3 nitrogen and oxygen atoms in total. The summed E-state index contributed by atoms with van der Waals surface area (Å²) in [4.78, 5) is 3.83. The van der Waals surface area contributed by atoms with Gasteiger partial charge in [0.25, 0.3) is 0 Å². The van der Waals surface area contributed by atoms with Gasteiger partial charge in [-0.25, -0.2) is 9.37 Å². The normalized spacial score (nSPS) is 22.7. The molecule has 0 fully saturated rings. The molecule has 0 aliphatic heterocycles. The molecule has 0 spiro atoms. The first-order chi connectivity index (χ1) is 5.27. The van der Waals surface area contributed by atoms with E-state index < -0.39 is 5.83 Å². The van der Waals surface area contributed by atoms with Crippen molar-refractivity contribution in [1.29, 1.82) is 0 Å². The highest BCUT2D eigenvalue weighted by atomic mass is 19.1. The van der Waals surface area contributed by atoms with Crippen molar-refractivity contribution >= 4 is 5.83 Å². The van der Waals surface area contributed by atoms with E-state index in [4.69, 9.17) is 10.2 Å². The number of nitrogens with two attached hydrogens (primary N) is 1. The predicted molar refractivity (Wildman–Crippen MR) is 37.3 cm³/mol. The minimum Gasteiger partial charge on any atom is -0.441 e. The van der Waals surface area contributed by atoms with Gasteiger partial charge >= 0.3 is 0 Å². The highest BCUT2D eigenvalue weighted by Gasteiger charge is 2.20. The van der Waals surface area contributed by atoms with Gasteiger partial charge in [-0.15, -0.1) is 0 Å². The van der Waals surface area contributed by atoms with Crippen molar-refractivity contribution in [2.45, 2.75) is 12.5 Å². The van der Waals surface area contributed by atoms with Gasteiger partial charge in [-0.1, -0.05) is 0 Å². The van der Waals surface area contributed by atoms with Gasteiger partial charge in [0, 0.05) is 12.5 Å². The summed E-state index contributed by atoms with van der Waals surface area (Å²) in [7, 11) is 0. The van der Waals surface area contributed by atoms with Crippen molar-refractivity contribution in [3.05, 3.63) is 23.9 Å². The van der Waals surface area contributed by atoms with E-state index in [0.29, 0.717) is 12.1 Å². The fourth-order valence-electron chi connectivity index (χ4n) is 1.15. The lowest BCUT2D eigenvalue weighted by Gasteiger charge is -2.10. The van der Waals surface area contributed by atoms with E-state index in [1.165, 1.54) is 12.5 Å². The molecule has 11 heavy (non-hydrogen) atoms. The number of rotatable bonds is 0. The van der Waals surface area contributed by atoms with E-state index >= 15 is 0 Å². The van der Waals surface area contributed by atoms with Crippen LogP contribution >= 0.6 is 0 Å². The standard InChI is InChI=1S/C7H7FN2O/c8-5-1-4(9)2-6-7(5)11-3-10-6/h1,3-4H,2,9H2. The molecule has 0 aromatic carbocycles. The van der Waals surface area contributed by atoms with E-state index in [9.17, 15) is 4.39 Å². The summed E-state index contributed by atoms with van der Waals surface area (Å²) in [5.41, 5.74) is 6.11. The van der Waals surface area contributed by atoms with Crippen LogP contribution in [-0.2, 0) is 6.42 Å². The average molecular weight is 154 g/mol. The molecule has 0 radical (unpaired) electrons. The largest absolute Gasteiger partial charge is 0.441 e.